The van der Waals surface area contributed by atoms with E-state index in [1.807, 2.05) is 29.2 Å². The summed E-state index contributed by atoms with van der Waals surface area (Å²) in [4.78, 5) is 20.0. The summed E-state index contributed by atoms with van der Waals surface area (Å²) >= 11 is 7.94. The van der Waals surface area contributed by atoms with Crippen LogP contribution in [0.3, 0.4) is 0 Å². The molecule has 4 nitrogen and oxygen atoms in total. The molecule has 0 radical (unpaired) electrons. The van der Waals surface area contributed by atoms with Crippen molar-refractivity contribution in [3.05, 3.63) is 81.7 Å². The molecule has 1 aromatic carbocycles. The predicted octanol–water partition coefficient (Wildman–Crippen LogP) is 6.69. The van der Waals surface area contributed by atoms with Crippen molar-refractivity contribution in [2.75, 3.05) is 6.54 Å². The van der Waals surface area contributed by atoms with Gasteiger partial charge in [-0.3, -0.25) is 4.79 Å². The second-order valence-electron chi connectivity index (χ2n) is 7.90. The number of carbonyl (C=O) groups excluding carboxylic acids is 1. The number of amides is 1. The van der Waals surface area contributed by atoms with Crippen LogP contribution < -0.4 is 4.74 Å². The van der Waals surface area contributed by atoms with Crippen molar-refractivity contribution in [3.63, 3.8) is 0 Å². The van der Waals surface area contributed by atoms with Crippen LogP contribution in [-0.4, -0.2) is 28.4 Å². The van der Waals surface area contributed by atoms with Gasteiger partial charge in [0.2, 0.25) is 11.8 Å². The Kier molecular flexibility index (Phi) is 6.97. The number of fused-ring (bicyclic) bond motifs is 1. The van der Waals surface area contributed by atoms with Crippen LogP contribution in [0.1, 0.15) is 48.6 Å². The van der Waals surface area contributed by atoms with Crippen LogP contribution in [0.5, 0.6) is 5.88 Å². The van der Waals surface area contributed by atoms with Gasteiger partial charge in [0.25, 0.3) is 0 Å². The second-order valence-corrected chi connectivity index (χ2v) is 9.67. The van der Waals surface area contributed by atoms with Crippen LogP contribution in [-0.2, 0) is 11.3 Å². The molecule has 0 N–H and O–H groups in total. The highest BCUT2D eigenvalue weighted by Crippen LogP contribution is 2.44. The average molecular weight is 467 g/mol. The smallest absolute Gasteiger partial charge is 0.246 e. The molecule has 4 rings (SSSR count). The first kappa shape index (κ1) is 22.6. The maximum Gasteiger partial charge on any atom is 0.246 e. The van der Waals surface area contributed by atoms with E-state index in [1.165, 1.54) is 23.0 Å². The Bertz CT molecular complexity index is 1120. The van der Waals surface area contributed by atoms with Gasteiger partial charge < -0.3 is 9.64 Å². The number of thiophene rings is 1. The zero-order valence-corrected chi connectivity index (χ0v) is 20.0. The lowest BCUT2D eigenvalue weighted by molar-refractivity contribution is -0.127. The van der Waals surface area contributed by atoms with Gasteiger partial charge in [-0.15, -0.1) is 11.3 Å². The van der Waals surface area contributed by atoms with Crippen molar-refractivity contribution in [2.24, 2.45) is 0 Å². The summed E-state index contributed by atoms with van der Waals surface area (Å²) in [7, 11) is 0. The van der Waals surface area contributed by atoms with E-state index in [9.17, 15) is 4.79 Å². The number of halogens is 1. The molecule has 0 bridgehead atoms. The van der Waals surface area contributed by atoms with Gasteiger partial charge >= 0.3 is 0 Å². The fourth-order valence-corrected chi connectivity index (χ4v) is 5.65. The molecule has 1 atom stereocenters. The summed E-state index contributed by atoms with van der Waals surface area (Å²) in [5.74, 6) is 0.581. The van der Waals surface area contributed by atoms with Crippen LogP contribution in [0, 0.1) is 0 Å². The molecule has 6 heteroatoms. The summed E-state index contributed by atoms with van der Waals surface area (Å²) in [6, 6.07) is 14.3. The first-order chi connectivity index (χ1) is 15.5. The van der Waals surface area contributed by atoms with Crippen molar-refractivity contribution >= 4 is 28.8 Å². The first-order valence-electron chi connectivity index (χ1n) is 11.0. The van der Waals surface area contributed by atoms with Gasteiger partial charge in [-0.1, -0.05) is 56.3 Å². The summed E-state index contributed by atoms with van der Waals surface area (Å²) in [6.45, 7) is 9.06. The Hall–Kier alpha value is -2.63. The van der Waals surface area contributed by atoms with Gasteiger partial charge in [0, 0.05) is 29.1 Å². The van der Waals surface area contributed by atoms with E-state index in [4.69, 9.17) is 16.3 Å². The highest BCUT2D eigenvalue weighted by Gasteiger charge is 2.32. The van der Waals surface area contributed by atoms with Gasteiger partial charge in [0.05, 0.1) is 17.0 Å². The molecule has 1 aliphatic rings. The molecular weight excluding hydrogens is 440 g/mol. The molecule has 32 heavy (non-hydrogen) atoms. The first-order valence-corrected chi connectivity index (χ1v) is 12.2. The number of pyridine rings is 1. The lowest BCUT2D eigenvalue weighted by atomic mass is 9.84. The number of nitrogens with zero attached hydrogens (tertiary/aromatic N) is 2. The van der Waals surface area contributed by atoms with Crippen molar-refractivity contribution in [1.82, 2.24) is 9.88 Å². The molecule has 1 amide bonds. The number of carbonyl (C=O) groups is 1. The standard InChI is InChI=1S/C26H27ClN2O2S/c1-4-17(5-2)31-26-20(12-9-13-28-26)18-10-7-8-11-19(18)22-15-29(25(30)6-3)16-23-21(22)14-24(27)32-23/h6-14,17,22H,3-5,15-16H2,1-2H3/t22-/m1/s1. The van der Waals surface area contributed by atoms with Crippen LogP contribution in [0.25, 0.3) is 11.1 Å². The maximum absolute atomic E-state index is 12.5. The summed E-state index contributed by atoms with van der Waals surface area (Å²) in [6.07, 6.45) is 5.11. The molecule has 0 saturated heterocycles. The number of hydrogen-bond donors (Lipinski definition) is 0. The lowest BCUT2D eigenvalue weighted by Gasteiger charge is -2.33. The summed E-state index contributed by atoms with van der Waals surface area (Å²) in [5.41, 5.74) is 4.34. The van der Waals surface area contributed by atoms with Gasteiger partial charge in [-0.25, -0.2) is 4.98 Å². The minimum Gasteiger partial charge on any atom is -0.474 e. The number of ether oxygens (including phenoxy) is 1. The SMILES string of the molecule is C=CC(=O)N1Cc2sc(Cl)cc2[C@@H](c2ccccc2-c2cccnc2OC(CC)CC)C1. The molecule has 3 heterocycles. The van der Waals surface area contributed by atoms with E-state index in [1.54, 1.807) is 6.20 Å². The molecular formula is C26H27ClN2O2S. The van der Waals surface area contributed by atoms with E-state index in [0.29, 0.717) is 19.0 Å². The van der Waals surface area contributed by atoms with Crippen molar-refractivity contribution < 1.29 is 9.53 Å². The van der Waals surface area contributed by atoms with Gasteiger partial charge in [-0.2, -0.15) is 0 Å². The van der Waals surface area contributed by atoms with Crippen molar-refractivity contribution in [3.8, 4) is 17.0 Å². The van der Waals surface area contributed by atoms with E-state index in [2.05, 4.69) is 43.6 Å². The Morgan fingerprint density at radius 1 is 1.25 bits per heavy atom. The normalized spacial score (nSPS) is 15.5. The minimum atomic E-state index is -0.0678. The Morgan fingerprint density at radius 3 is 2.75 bits per heavy atom. The largest absolute Gasteiger partial charge is 0.474 e. The van der Waals surface area contributed by atoms with Crippen molar-refractivity contribution in [1.29, 1.82) is 0 Å². The minimum absolute atomic E-state index is 0.00352. The zero-order chi connectivity index (χ0) is 22.7. The van der Waals surface area contributed by atoms with E-state index in [-0.39, 0.29) is 17.9 Å². The number of aromatic nitrogens is 1. The highest BCUT2D eigenvalue weighted by atomic mass is 35.5. The molecule has 0 unspecified atom stereocenters. The fraction of sp³-hybridized carbons (Fsp3) is 0.308. The molecule has 3 aromatic rings. The van der Waals surface area contributed by atoms with Crippen LogP contribution in [0.2, 0.25) is 4.34 Å². The van der Waals surface area contributed by atoms with Gasteiger partial charge in [0.1, 0.15) is 0 Å². The van der Waals surface area contributed by atoms with Gasteiger partial charge in [-0.05, 0) is 53.8 Å². The molecule has 0 spiro atoms. The quantitative estimate of drug-likeness (QED) is 0.364. The Balaban J connectivity index is 1.81. The third-order valence-corrected chi connectivity index (χ3v) is 7.26. The highest BCUT2D eigenvalue weighted by molar-refractivity contribution is 7.16. The summed E-state index contributed by atoms with van der Waals surface area (Å²) in [5, 5.41) is 0. The Labute approximate surface area is 198 Å². The number of hydrogen-bond acceptors (Lipinski definition) is 4. The Morgan fingerprint density at radius 2 is 2.00 bits per heavy atom. The molecule has 0 aliphatic carbocycles. The molecule has 2 aromatic heterocycles. The topological polar surface area (TPSA) is 42.4 Å². The molecule has 166 valence electrons. The van der Waals surface area contributed by atoms with Crippen LogP contribution in [0.4, 0.5) is 0 Å². The monoisotopic (exact) mass is 466 g/mol. The van der Waals surface area contributed by atoms with Crippen molar-refractivity contribution in [2.45, 2.75) is 45.3 Å². The van der Waals surface area contributed by atoms with E-state index in [0.717, 1.165) is 38.7 Å². The third kappa shape index (κ3) is 4.45. The molecule has 0 fully saturated rings. The van der Waals surface area contributed by atoms with Crippen LogP contribution in [0.15, 0.2) is 61.3 Å². The maximum atomic E-state index is 12.5. The second kappa shape index (κ2) is 9.88. The zero-order valence-electron chi connectivity index (χ0n) is 18.4. The number of benzene rings is 1. The van der Waals surface area contributed by atoms with E-state index >= 15 is 0 Å². The van der Waals surface area contributed by atoms with Gasteiger partial charge in [0.15, 0.2) is 0 Å². The van der Waals surface area contributed by atoms with Crippen LogP contribution >= 0.6 is 22.9 Å². The van der Waals surface area contributed by atoms with E-state index < -0.39 is 0 Å². The number of rotatable bonds is 7. The average Bonchev–Trinajstić information content (AvgIpc) is 3.21. The third-order valence-electron chi connectivity index (χ3n) is 6.00. The fourth-order valence-electron chi connectivity index (χ4n) is 4.30. The predicted molar refractivity (Wildman–Crippen MR) is 131 cm³/mol. The molecule has 1 aliphatic heterocycles. The molecule has 0 saturated carbocycles. The summed E-state index contributed by atoms with van der Waals surface area (Å²) < 4.78 is 7.02. The lowest BCUT2D eigenvalue weighted by Crippen LogP contribution is -2.37.